The van der Waals surface area contributed by atoms with E-state index in [1.165, 1.54) is 0 Å². The van der Waals surface area contributed by atoms with Gasteiger partial charge in [0.25, 0.3) is 0 Å². The molecule has 2 rings (SSSR count). The maximum atomic E-state index is 12.2. The highest BCUT2D eigenvalue weighted by Crippen LogP contribution is 2.30. The topological polar surface area (TPSA) is 64.6 Å². The lowest BCUT2D eigenvalue weighted by molar-refractivity contribution is -0.143. The van der Waals surface area contributed by atoms with Crippen molar-refractivity contribution in [2.75, 3.05) is 6.61 Å². The molecular formula is C23H27Cl2NO4. The molecule has 7 heteroatoms. The SMILES string of the molecule is CCOC(=O)CC(Cc1ccc(-c2cc(Cl)ccc2Cl)cc1)NC(=O)OC(C)(C)C. The summed E-state index contributed by atoms with van der Waals surface area (Å²) in [6.45, 7) is 7.38. The third kappa shape index (κ3) is 7.88. The van der Waals surface area contributed by atoms with Gasteiger partial charge in [-0.1, -0.05) is 47.5 Å². The van der Waals surface area contributed by atoms with Crippen LogP contribution in [-0.2, 0) is 20.7 Å². The predicted octanol–water partition coefficient (Wildman–Crippen LogP) is 6.05. The summed E-state index contributed by atoms with van der Waals surface area (Å²) in [5.41, 5.74) is 2.08. The van der Waals surface area contributed by atoms with E-state index in [1.807, 2.05) is 30.3 Å². The van der Waals surface area contributed by atoms with E-state index >= 15 is 0 Å². The van der Waals surface area contributed by atoms with Crippen molar-refractivity contribution in [2.45, 2.75) is 52.2 Å². The van der Waals surface area contributed by atoms with Crippen molar-refractivity contribution in [3.05, 3.63) is 58.1 Å². The predicted molar refractivity (Wildman–Crippen MR) is 120 cm³/mol. The molecule has 0 heterocycles. The lowest BCUT2D eigenvalue weighted by atomic mass is 9.99. The maximum absolute atomic E-state index is 12.2. The third-order valence-electron chi connectivity index (χ3n) is 4.11. The van der Waals surface area contributed by atoms with Gasteiger partial charge in [0.2, 0.25) is 0 Å². The first-order valence-electron chi connectivity index (χ1n) is 9.77. The van der Waals surface area contributed by atoms with Crippen molar-refractivity contribution in [2.24, 2.45) is 0 Å². The lowest BCUT2D eigenvalue weighted by Gasteiger charge is -2.23. The molecule has 2 aromatic carbocycles. The number of alkyl carbamates (subject to hydrolysis) is 1. The molecule has 1 atom stereocenters. The van der Waals surface area contributed by atoms with Crippen LogP contribution in [0.15, 0.2) is 42.5 Å². The van der Waals surface area contributed by atoms with Gasteiger partial charge in [0.1, 0.15) is 5.60 Å². The fourth-order valence-corrected chi connectivity index (χ4v) is 3.29. The van der Waals surface area contributed by atoms with Gasteiger partial charge in [0.05, 0.1) is 13.0 Å². The van der Waals surface area contributed by atoms with E-state index in [-0.39, 0.29) is 19.0 Å². The van der Waals surface area contributed by atoms with Crippen molar-refractivity contribution >= 4 is 35.3 Å². The number of carbonyl (C=O) groups is 2. The molecule has 1 N–H and O–H groups in total. The summed E-state index contributed by atoms with van der Waals surface area (Å²) in [4.78, 5) is 24.2. The summed E-state index contributed by atoms with van der Waals surface area (Å²) in [5.74, 6) is -0.374. The van der Waals surface area contributed by atoms with Crippen molar-refractivity contribution < 1.29 is 19.1 Å². The molecule has 0 aliphatic heterocycles. The Morgan fingerprint density at radius 2 is 1.73 bits per heavy atom. The normalized spacial score (nSPS) is 12.2. The van der Waals surface area contributed by atoms with E-state index in [0.29, 0.717) is 16.5 Å². The first-order valence-corrected chi connectivity index (χ1v) is 10.5. The number of nitrogens with one attached hydrogen (secondary N) is 1. The highest BCUT2D eigenvalue weighted by Gasteiger charge is 2.22. The molecule has 1 unspecified atom stereocenters. The van der Waals surface area contributed by atoms with Crippen LogP contribution < -0.4 is 5.32 Å². The zero-order valence-electron chi connectivity index (χ0n) is 17.6. The molecule has 0 aromatic heterocycles. The second kappa shape index (κ2) is 10.7. The van der Waals surface area contributed by atoms with Crippen molar-refractivity contribution in [3.8, 4) is 11.1 Å². The molecule has 0 aliphatic carbocycles. The number of amides is 1. The minimum atomic E-state index is -0.629. The van der Waals surface area contributed by atoms with Crippen LogP contribution in [0.4, 0.5) is 4.79 Å². The summed E-state index contributed by atoms with van der Waals surface area (Å²) in [7, 11) is 0. The Labute approximate surface area is 187 Å². The second-order valence-electron chi connectivity index (χ2n) is 7.88. The smallest absolute Gasteiger partial charge is 0.407 e. The molecule has 30 heavy (non-hydrogen) atoms. The van der Waals surface area contributed by atoms with Crippen LogP contribution >= 0.6 is 23.2 Å². The van der Waals surface area contributed by atoms with E-state index in [4.69, 9.17) is 32.7 Å². The van der Waals surface area contributed by atoms with Gasteiger partial charge in [-0.05, 0) is 63.4 Å². The highest BCUT2D eigenvalue weighted by atomic mass is 35.5. The Hall–Kier alpha value is -2.24. The lowest BCUT2D eigenvalue weighted by Crippen LogP contribution is -2.41. The van der Waals surface area contributed by atoms with E-state index < -0.39 is 17.7 Å². The summed E-state index contributed by atoms with van der Waals surface area (Å²) in [6.07, 6.45) is -0.0737. The number of benzene rings is 2. The largest absolute Gasteiger partial charge is 0.466 e. The molecule has 5 nitrogen and oxygen atoms in total. The van der Waals surface area contributed by atoms with Crippen molar-refractivity contribution in [1.82, 2.24) is 5.32 Å². The Kier molecular flexibility index (Phi) is 8.56. The fraction of sp³-hybridized carbons (Fsp3) is 0.391. The minimum Gasteiger partial charge on any atom is -0.466 e. The van der Waals surface area contributed by atoms with Crippen LogP contribution in [0.25, 0.3) is 11.1 Å². The minimum absolute atomic E-state index is 0.0506. The molecule has 2 aromatic rings. The first-order chi connectivity index (χ1) is 14.1. The average molecular weight is 452 g/mol. The van der Waals surface area contributed by atoms with E-state index in [1.54, 1.807) is 39.8 Å². The van der Waals surface area contributed by atoms with Gasteiger partial charge in [0.15, 0.2) is 0 Å². The first kappa shape index (κ1) is 24.0. The monoisotopic (exact) mass is 451 g/mol. The summed E-state index contributed by atoms with van der Waals surface area (Å²) in [6, 6.07) is 12.6. The molecule has 1 amide bonds. The number of ether oxygens (including phenoxy) is 2. The maximum Gasteiger partial charge on any atom is 0.407 e. The fourth-order valence-electron chi connectivity index (χ4n) is 2.89. The quantitative estimate of drug-likeness (QED) is 0.520. The standard InChI is InChI=1S/C23H27Cl2NO4/c1-5-29-21(27)14-18(26-22(28)30-23(2,3)4)12-15-6-8-16(9-7-15)19-13-17(24)10-11-20(19)25/h6-11,13,18H,5,12,14H2,1-4H3,(H,26,28). The second-order valence-corrected chi connectivity index (χ2v) is 8.72. The number of halogens is 2. The number of esters is 1. The van der Waals surface area contributed by atoms with Gasteiger partial charge < -0.3 is 14.8 Å². The van der Waals surface area contributed by atoms with E-state index in [9.17, 15) is 9.59 Å². The number of rotatable bonds is 7. The van der Waals surface area contributed by atoms with Crippen molar-refractivity contribution in [3.63, 3.8) is 0 Å². The summed E-state index contributed by atoms with van der Waals surface area (Å²) < 4.78 is 10.4. The summed E-state index contributed by atoms with van der Waals surface area (Å²) >= 11 is 12.4. The van der Waals surface area contributed by atoms with Crippen LogP contribution in [0.5, 0.6) is 0 Å². The van der Waals surface area contributed by atoms with E-state index in [0.717, 1.165) is 16.7 Å². The van der Waals surface area contributed by atoms with Gasteiger partial charge in [-0.15, -0.1) is 0 Å². The zero-order chi connectivity index (χ0) is 22.3. The zero-order valence-corrected chi connectivity index (χ0v) is 19.1. The molecule has 0 bridgehead atoms. The molecule has 0 spiro atoms. The van der Waals surface area contributed by atoms with Crippen LogP contribution in [0.1, 0.15) is 39.7 Å². The van der Waals surface area contributed by atoms with Gasteiger partial charge in [-0.3, -0.25) is 4.79 Å². The Morgan fingerprint density at radius 1 is 1.07 bits per heavy atom. The molecule has 0 radical (unpaired) electrons. The Morgan fingerprint density at radius 3 is 2.33 bits per heavy atom. The van der Waals surface area contributed by atoms with Crippen LogP contribution in [0.3, 0.4) is 0 Å². The molecule has 0 saturated heterocycles. The Balaban J connectivity index is 2.14. The van der Waals surface area contributed by atoms with Crippen LogP contribution in [-0.4, -0.2) is 30.3 Å². The van der Waals surface area contributed by atoms with Gasteiger partial charge >= 0.3 is 12.1 Å². The Bertz CT molecular complexity index is 876. The van der Waals surface area contributed by atoms with Gasteiger partial charge in [-0.25, -0.2) is 4.79 Å². The van der Waals surface area contributed by atoms with E-state index in [2.05, 4.69) is 5.32 Å². The molecular weight excluding hydrogens is 425 g/mol. The molecule has 0 saturated carbocycles. The van der Waals surface area contributed by atoms with Gasteiger partial charge in [-0.2, -0.15) is 0 Å². The van der Waals surface area contributed by atoms with Crippen molar-refractivity contribution in [1.29, 1.82) is 0 Å². The highest BCUT2D eigenvalue weighted by molar-refractivity contribution is 6.35. The summed E-state index contributed by atoms with van der Waals surface area (Å²) in [5, 5.41) is 3.99. The molecule has 0 aliphatic rings. The molecule has 0 fully saturated rings. The number of hydrogen-bond donors (Lipinski definition) is 1. The van der Waals surface area contributed by atoms with Gasteiger partial charge in [0, 0.05) is 21.7 Å². The van der Waals surface area contributed by atoms with Crippen LogP contribution in [0.2, 0.25) is 10.0 Å². The average Bonchev–Trinajstić information content (AvgIpc) is 2.63. The number of hydrogen-bond acceptors (Lipinski definition) is 4. The third-order valence-corrected chi connectivity index (χ3v) is 4.68. The van der Waals surface area contributed by atoms with Crippen LogP contribution in [0, 0.1) is 0 Å². The molecule has 162 valence electrons. The number of carbonyl (C=O) groups excluding carboxylic acids is 2.